The predicted molar refractivity (Wildman–Crippen MR) is 52.5 cm³/mol. The second-order valence-electron chi connectivity index (χ2n) is 3.05. The van der Waals surface area contributed by atoms with Gasteiger partial charge in [0.05, 0.1) is 4.87 Å². The van der Waals surface area contributed by atoms with E-state index in [0.29, 0.717) is 4.87 Å². The zero-order valence-corrected chi connectivity index (χ0v) is 8.19. The van der Waals surface area contributed by atoms with Gasteiger partial charge in [0.2, 0.25) is 0 Å². The van der Waals surface area contributed by atoms with Crippen molar-refractivity contribution in [1.29, 1.82) is 0 Å². The molecule has 0 radical (unpaired) electrons. The summed E-state index contributed by atoms with van der Waals surface area (Å²) >= 11 is 2.09. The van der Waals surface area contributed by atoms with Crippen LogP contribution in [0.3, 0.4) is 0 Å². The molecule has 1 atom stereocenters. The van der Waals surface area contributed by atoms with Crippen LogP contribution in [0.25, 0.3) is 0 Å². The first kappa shape index (κ1) is 9.65. The number of thioether (sulfide) groups is 1. The molecule has 0 aromatic heterocycles. The largest absolute Gasteiger partial charge is 0.314 e. The highest BCUT2D eigenvalue weighted by Gasteiger charge is 2.34. The molecule has 2 aliphatic rings. The predicted octanol–water partition coefficient (Wildman–Crippen LogP) is 0.824. The molecule has 0 saturated carbocycles. The number of nitrogens with one attached hydrogen (secondary N) is 2. The molecule has 2 aliphatic heterocycles. The summed E-state index contributed by atoms with van der Waals surface area (Å²) in [6.07, 6.45) is 2.69. The summed E-state index contributed by atoms with van der Waals surface area (Å²) in [7, 11) is 0. The smallest absolute Gasteiger partial charge is 0.0772 e. The van der Waals surface area contributed by atoms with Gasteiger partial charge in [0.25, 0.3) is 0 Å². The van der Waals surface area contributed by atoms with Gasteiger partial charge in [-0.3, -0.25) is 0 Å². The van der Waals surface area contributed by atoms with Crippen LogP contribution in [-0.4, -0.2) is 30.3 Å². The van der Waals surface area contributed by atoms with Gasteiger partial charge >= 0.3 is 0 Å². The van der Waals surface area contributed by atoms with E-state index in [-0.39, 0.29) is 12.4 Å². The Kier molecular flexibility index (Phi) is 3.50. The lowest BCUT2D eigenvalue weighted by Gasteiger charge is -2.33. The lowest BCUT2D eigenvalue weighted by Crippen LogP contribution is -2.50. The first-order valence-corrected chi connectivity index (χ1v) is 5.00. The molecule has 2 heterocycles. The normalized spacial score (nSPS) is 37.1. The van der Waals surface area contributed by atoms with Crippen LogP contribution >= 0.6 is 24.2 Å². The maximum absolute atomic E-state index is 3.57. The Hall–Kier alpha value is 0.560. The highest BCUT2D eigenvalue weighted by molar-refractivity contribution is 8.00. The lowest BCUT2D eigenvalue weighted by atomic mass is 10.1. The molecule has 2 saturated heterocycles. The van der Waals surface area contributed by atoms with Crippen molar-refractivity contribution in [1.82, 2.24) is 10.6 Å². The number of hydrogen-bond donors (Lipinski definition) is 2. The zero-order valence-electron chi connectivity index (χ0n) is 6.56. The number of hydrogen-bond acceptors (Lipinski definition) is 3. The first-order valence-electron chi connectivity index (χ1n) is 4.01. The molecule has 1 spiro atoms. The summed E-state index contributed by atoms with van der Waals surface area (Å²) in [4.78, 5) is 0.429. The number of rotatable bonds is 0. The quantitative estimate of drug-likeness (QED) is 0.598. The number of halogens is 1. The third-order valence-corrected chi connectivity index (χ3v) is 3.73. The van der Waals surface area contributed by atoms with E-state index in [0.717, 1.165) is 6.54 Å². The van der Waals surface area contributed by atoms with Crippen LogP contribution in [-0.2, 0) is 0 Å². The molecule has 0 aliphatic carbocycles. The van der Waals surface area contributed by atoms with E-state index in [1.165, 1.54) is 31.7 Å². The van der Waals surface area contributed by atoms with Crippen molar-refractivity contribution in [2.24, 2.45) is 0 Å². The second-order valence-corrected chi connectivity index (χ2v) is 4.53. The van der Waals surface area contributed by atoms with E-state index >= 15 is 0 Å². The molecular formula is C7H15ClN2S. The van der Waals surface area contributed by atoms with Gasteiger partial charge in [0.15, 0.2) is 0 Å². The van der Waals surface area contributed by atoms with Crippen LogP contribution in [0, 0.1) is 0 Å². The maximum Gasteiger partial charge on any atom is 0.0772 e. The average Bonchev–Trinajstić information content (AvgIpc) is 2.39. The third kappa shape index (κ3) is 2.02. The highest BCUT2D eigenvalue weighted by Crippen LogP contribution is 2.32. The van der Waals surface area contributed by atoms with Gasteiger partial charge < -0.3 is 10.6 Å². The molecule has 0 aromatic rings. The van der Waals surface area contributed by atoms with Crippen LogP contribution in [0.15, 0.2) is 0 Å². The number of piperidine rings is 1. The van der Waals surface area contributed by atoms with E-state index in [1.54, 1.807) is 0 Å². The third-order valence-electron chi connectivity index (χ3n) is 2.27. The standard InChI is InChI=1S/C7H14N2S.ClH/c1-2-7(6-8-3-1)9-4-5-10-7;/h8-9H,1-6H2;1H. The molecular weight excluding hydrogens is 180 g/mol. The van der Waals surface area contributed by atoms with Crippen molar-refractivity contribution in [3.63, 3.8) is 0 Å². The molecule has 0 amide bonds. The average molecular weight is 195 g/mol. The Morgan fingerprint density at radius 2 is 2.18 bits per heavy atom. The fourth-order valence-corrected chi connectivity index (χ4v) is 3.02. The minimum Gasteiger partial charge on any atom is -0.314 e. The van der Waals surface area contributed by atoms with Crippen molar-refractivity contribution < 1.29 is 0 Å². The topological polar surface area (TPSA) is 24.1 Å². The Balaban J connectivity index is 0.000000605. The van der Waals surface area contributed by atoms with Gasteiger partial charge in [-0.25, -0.2) is 0 Å². The minimum absolute atomic E-state index is 0. The van der Waals surface area contributed by atoms with Crippen LogP contribution in [0.2, 0.25) is 0 Å². The molecule has 2 nitrogen and oxygen atoms in total. The summed E-state index contributed by atoms with van der Waals surface area (Å²) < 4.78 is 0. The van der Waals surface area contributed by atoms with Crippen molar-refractivity contribution in [2.45, 2.75) is 17.7 Å². The minimum atomic E-state index is 0. The van der Waals surface area contributed by atoms with Gasteiger partial charge in [0.1, 0.15) is 0 Å². The second kappa shape index (κ2) is 3.99. The molecule has 2 N–H and O–H groups in total. The lowest BCUT2D eigenvalue weighted by molar-refractivity contribution is 0.374. The maximum atomic E-state index is 3.57. The Morgan fingerprint density at radius 3 is 2.73 bits per heavy atom. The Morgan fingerprint density at radius 1 is 1.27 bits per heavy atom. The molecule has 11 heavy (non-hydrogen) atoms. The molecule has 66 valence electrons. The molecule has 0 aromatic carbocycles. The Bertz CT molecular complexity index is 118. The van der Waals surface area contributed by atoms with Crippen LogP contribution in [0.5, 0.6) is 0 Å². The van der Waals surface area contributed by atoms with Crippen LogP contribution < -0.4 is 10.6 Å². The summed E-state index contributed by atoms with van der Waals surface area (Å²) in [6, 6.07) is 0. The fraction of sp³-hybridized carbons (Fsp3) is 1.00. The van der Waals surface area contributed by atoms with Crippen LogP contribution in [0.4, 0.5) is 0 Å². The highest BCUT2D eigenvalue weighted by atomic mass is 35.5. The van der Waals surface area contributed by atoms with E-state index in [9.17, 15) is 0 Å². The zero-order chi connectivity index (χ0) is 6.86. The SMILES string of the molecule is C1CNCC2(C1)NCCS2.Cl. The van der Waals surface area contributed by atoms with E-state index in [1.807, 2.05) is 0 Å². The van der Waals surface area contributed by atoms with Gasteiger partial charge in [-0.1, -0.05) is 0 Å². The van der Waals surface area contributed by atoms with Crippen molar-refractivity contribution >= 4 is 24.2 Å². The molecule has 0 bridgehead atoms. The van der Waals surface area contributed by atoms with Gasteiger partial charge in [-0.05, 0) is 19.4 Å². The van der Waals surface area contributed by atoms with Crippen LogP contribution in [0.1, 0.15) is 12.8 Å². The Labute approximate surface area is 78.3 Å². The van der Waals surface area contributed by atoms with E-state index < -0.39 is 0 Å². The van der Waals surface area contributed by atoms with Gasteiger partial charge in [-0.15, -0.1) is 24.2 Å². The molecule has 4 heteroatoms. The summed E-state index contributed by atoms with van der Waals surface area (Å²) in [6.45, 7) is 3.58. The summed E-state index contributed by atoms with van der Waals surface area (Å²) in [5, 5.41) is 7.01. The van der Waals surface area contributed by atoms with Crippen molar-refractivity contribution in [2.75, 3.05) is 25.4 Å². The van der Waals surface area contributed by atoms with E-state index in [2.05, 4.69) is 22.4 Å². The fourth-order valence-electron chi connectivity index (χ4n) is 1.73. The molecule has 2 rings (SSSR count). The van der Waals surface area contributed by atoms with Gasteiger partial charge in [-0.2, -0.15) is 0 Å². The summed E-state index contributed by atoms with van der Waals surface area (Å²) in [5.41, 5.74) is 0. The summed E-state index contributed by atoms with van der Waals surface area (Å²) in [5.74, 6) is 1.29. The van der Waals surface area contributed by atoms with Gasteiger partial charge in [0, 0.05) is 18.8 Å². The molecule has 2 fully saturated rings. The molecule has 1 unspecified atom stereocenters. The van der Waals surface area contributed by atoms with Crippen molar-refractivity contribution in [3.05, 3.63) is 0 Å². The first-order chi connectivity index (χ1) is 4.91. The monoisotopic (exact) mass is 194 g/mol. The van der Waals surface area contributed by atoms with Crippen molar-refractivity contribution in [3.8, 4) is 0 Å². The van der Waals surface area contributed by atoms with E-state index in [4.69, 9.17) is 0 Å².